The number of hydrogen-bond donors (Lipinski definition) is 2. The molecule has 1 saturated heterocycles. The molecular weight excluding hydrogens is 222 g/mol. The van der Waals surface area contributed by atoms with Gasteiger partial charge in [0.1, 0.15) is 0 Å². The average Bonchev–Trinajstić information content (AvgIpc) is 2.72. The Hall–Kier alpha value is -0.0800. The molecule has 0 aromatic rings. The number of aliphatic hydroxyl groups is 1. The van der Waals surface area contributed by atoms with Gasteiger partial charge in [-0.3, -0.25) is 0 Å². The Morgan fingerprint density at radius 1 is 1.06 bits per heavy atom. The summed E-state index contributed by atoms with van der Waals surface area (Å²) < 4.78 is 0. The van der Waals surface area contributed by atoms with E-state index in [2.05, 4.69) is 12.2 Å². The lowest BCUT2D eigenvalue weighted by atomic mass is 9.83. The van der Waals surface area contributed by atoms with Crippen LogP contribution in [0, 0.1) is 5.92 Å². The van der Waals surface area contributed by atoms with E-state index in [0.29, 0.717) is 6.04 Å². The van der Waals surface area contributed by atoms with Crippen LogP contribution in [-0.2, 0) is 0 Å². The molecule has 1 heterocycles. The molecule has 1 aliphatic heterocycles. The molecule has 2 aliphatic rings. The van der Waals surface area contributed by atoms with Crippen LogP contribution in [0.15, 0.2) is 0 Å². The lowest BCUT2D eigenvalue weighted by Gasteiger charge is -2.36. The van der Waals surface area contributed by atoms with Crippen LogP contribution >= 0.6 is 0 Å². The number of rotatable bonds is 3. The van der Waals surface area contributed by atoms with Gasteiger partial charge in [0, 0.05) is 6.04 Å². The van der Waals surface area contributed by atoms with Crippen LogP contribution in [0.1, 0.15) is 77.6 Å². The van der Waals surface area contributed by atoms with Crippen molar-refractivity contribution < 1.29 is 5.11 Å². The van der Waals surface area contributed by atoms with E-state index in [0.717, 1.165) is 25.3 Å². The van der Waals surface area contributed by atoms with Gasteiger partial charge in [-0.1, -0.05) is 45.4 Å². The molecule has 3 unspecified atom stereocenters. The Balaban J connectivity index is 1.92. The summed E-state index contributed by atoms with van der Waals surface area (Å²) in [5, 5.41) is 14.6. The third kappa shape index (κ3) is 3.71. The van der Waals surface area contributed by atoms with E-state index in [1.165, 1.54) is 57.8 Å². The van der Waals surface area contributed by atoms with Gasteiger partial charge in [-0.05, 0) is 44.6 Å². The highest BCUT2D eigenvalue weighted by atomic mass is 16.3. The molecular formula is C16H31NO. The molecule has 0 amide bonds. The summed E-state index contributed by atoms with van der Waals surface area (Å²) in [4.78, 5) is 0. The topological polar surface area (TPSA) is 32.3 Å². The molecule has 2 nitrogen and oxygen atoms in total. The van der Waals surface area contributed by atoms with Gasteiger partial charge >= 0.3 is 0 Å². The van der Waals surface area contributed by atoms with Crippen LogP contribution in [0.5, 0.6) is 0 Å². The zero-order chi connectivity index (χ0) is 12.8. The highest BCUT2D eigenvalue weighted by molar-refractivity contribution is 4.94. The molecule has 2 heteroatoms. The Kier molecular flexibility index (Phi) is 5.50. The van der Waals surface area contributed by atoms with Crippen LogP contribution in [0.4, 0.5) is 0 Å². The van der Waals surface area contributed by atoms with Gasteiger partial charge in [-0.25, -0.2) is 0 Å². The molecule has 0 aromatic carbocycles. The molecule has 106 valence electrons. The summed E-state index contributed by atoms with van der Waals surface area (Å²) >= 11 is 0. The van der Waals surface area contributed by atoms with Crippen LogP contribution < -0.4 is 5.32 Å². The number of nitrogens with one attached hydrogen (secondary N) is 1. The third-order valence-electron chi connectivity index (χ3n) is 5.11. The maximum atomic E-state index is 11.0. The third-order valence-corrected chi connectivity index (χ3v) is 5.11. The van der Waals surface area contributed by atoms with Gasteiger partial charge in [0.2, 0.25) is 0 Å². The van der Waals surface area contributed by atoms with Crippen LogP contribution in [0.3, 0.4) is 0 Å². The van der Waals surface area contributed by atoms with Crippen LogP contribution in [-0.4, -0.2) is 23.3 Å². The summed E-state index contributed by atoms with van der Waals surface area (Å²) in [6, 6.07) is 0.361. The first-order valence-corrected chi connectivity index (χ1v) is 8.20. The molecule has 0 bridgehead atoms. The van der Waals surface area contributed by atoms with E-state index < -0.39 is 5.60 Å². The Morgan fingerprint density at radius 3 is 2.78 bits per heavy atom. The largest absolute Gasteiger partial charge is 0.388 e. The smallest absolute Gasteiger partial charge is 0.0800 e. The predicted molar refractivity (Wildman–Crippen MR) is 76.7 cm³/mol. The van der Waals surface area contributed by atoms with Crippen molar-refractivity contribution >= 4 is 0 Å². The molecule has 0 spiro atoms. The van der Waals surface area contributed by atoms with Crippen molar-refractivity contribution in [3.63, 3.8) is 0 Å². The highest BCUT2D eigenvalue weighted by Crippen LogP contribution is 2.36. The quantitative estimate of drug-likeness (QED) is 0.753. The highest BCUT2D eigenvalue weighted by Gasteiger charge is 2.38. The standard InChI is InChI=1S/C16H31NO/c1-2-7-14-8-6-11-16(18,12-10-14)15-9-4-3-5-13-17-15/h14-15,17-18H,2-13H2,1H3. The molecule has 0 aromatic heterocycles. The molecule has 18 heavy (non-hydrogen) atoms. The molecule has 2 rings (SSSR count). The fourth-order valence-corrected chi connectivity index (χ4v) is 3.95. The van der Waals surface area contributed by atoms with Gasteiger partial charge in [-0.15, -0.1) is 0 Å². The zero-order valence-corrected chi connectivity index (χ0v) is 12.1. The summed E-state index contributed by atoms with van der Waals surface area (Å²) in [6.07, 6.45) is 13.6. The fourth-order valence-electron chi connectivity index (χ4n) is 3.95. The summed E-state index contributed by atoms with van der Waals surface area (Å²) in [7, 11) is 0. The minimum absolute atomic E-state index is 0.361. The van der Waals surface area contributed by atoms with Crippen LogP contribution in [0.25, 0.3) is 0 Å². The maximum Gasteiger partial charge on any atom is 0.0800 e. The van der Waals surface area contributed by atoms with E-state index in [9.17, 15) is 5.11 Å². The molecule has 3 atom stereocenters. The summed E-state index contributed by atoms with van der Waals surface area (Å²) in [6.45, 7) is 3.38. The zero-order valence-electron chi connectivity index (χ0n) is 12.1. The van der Waals surface area contributed by atoms with Crippen molar-refractivity contribution in [1.82, 2.24) is 5.32 Å². The molecule has 1 saturated carbocycles. The Morgan fingerprint density at radius 2 is 1.94 bits per heavy atom. The molecule has 1 aliphatic carbocycles. The van der Waals surface area contributed by atoms with Gasteiger partial charge in [-0.2, -0.15) is 0 Å². The van der Waals surface area contributed by atoms with E-state index in [-0.39, 0.29) is 0 Å². The first-order chi connectivity index (χ1) is 8.74. The van der Waals surface area contributed by atoms with Crippen molar-refractivity contribution in [2.45, 2.75) is 89.2 Å². The van der Waals surface area contributed by atoms with Crippen molar-refractivity contribution in [2.24, 2.45) is 5.92 Å². The Labute approximate surface area is 113 Å². The lowest BCUT2D eigenvalue weighted by molar-refractivity contribution is -0.0146. The summed E-state index contributed by atoms with van der Waals surface area (Å²) in [5.41, 5.74) is -0.410. The predicted octanol–water partition coefficient (Wildman–Crippen LogP) is 3.63. The van der Waals surface area contributed by atoms with E-state index in [1.54, 1.807) is 0 Å². The van der Waals surface area contributed by atoms with Crippen molar-refractivity contribution in [1.29, 1.82) is 0 Å². The fraction of sp³-hybridized carbons (Fsp3) is 1.00. The number of hydrogen-bond acceptors (Lipinski definition) is 2. The van der Waals surface area contributed by atoms with E-state index in [1.807, 2.05) is 0 Å². The van der Waals surface area contributed by atoms with Gasteiger partial charge in [0.05, 0.1) is 5.60 Å². The Bertz CT molecular complexity index is 235. The first-order valence-electron chi connectivity index (χ1n) is 8.20. The monoisotopic (exact) mass is 253 g/mol. The molecule has 2 fully saturated rings. The lowest BCUT2D eigenvalue weighted by Crippen LogP contribution is -2.50. The minimum Gasteiger partial charge on any atom is -0.388 e. The second kappa shape index (κ2) is 6.91. The minimum atomic E-state index is -0.410. The van der Waals surface area contributed by atoms with E-state index >= 15 is 0 Å². The van der Waals surface area contributed by atoms with E-state index in [4.69, 9.17) is 0 Å². The van der Waals surface area contributed by atoms with Crippen LogP contribution in [0.2, 0.25) is 0 Å². The van der Waals surface area contributed by atoms with Crippen molar-refractivity contribution in [2.75, 3.05) is 6.54 Å². The van der Waals surface area contributed by atoms with Gasteiger partial charge in [0.25, 0.3) is 0 Å². The van der Waals surface area contributed by atoms with Gasteiger partial charge in [0.15, 0.2) is 0 Å². The normalized spacial score (nSPS) is 39.0. The van der Waals surface area contributed by atoms with Crippen molar-refractivity contribution in [3.05, 3.63) is 0 Å². The second-order valence-corrected chi connectivity index (χ2v) is 6.55. The molecule has 0 radical (unpaired) electrons. The maximum absolute atomic E-state index is 11.0. The van der Waals surface area contributed by atoms with Crippen molar-refractivity contribution in [3.8, 4) is 0 Å². The SMILES string of the molecule is CCCC1CCCC(O)(C2CCCCCN2)CC1. The average molecular weight is 253 g/mol. The first kappa shape index (κ1) is 14.3. The second-order valence-electron chi connectivity index (χ2n) is 6.55. The van der Waals surface area contributed by atoms with Gasteiger partial charge < -0.3 is 10.4 Å². The molecule has 2 N–H and O–H groups in total. The summed E-state index contributed by atoms with van der Waals surface area (Å²) in [5.74, 6) is 0.870.